The van der Waals surface area contributed by atoms with E-state index in [1.54, 1.807) is 14.2 Å². The van der Waals surface area contributed by atoms with Crippen LogP contribution in [0.5, 0.6) is 11.5 Å². The van der Waals surface area contributed by atoms with Crippen molar-refractivity contribution in [2.75, 3.05) is 20.8 Å². The van der Waals surface area contributed by atoms with Gasteiger partial charge in [0.05, 0.1) is 26.8 Å². The lowest BCUT2D eigenvalue weighted by molar-refractivity contribution is -0.120. The first-order valence-electron chi connectivity index (χ1n) is 8.11. The molecular weight excluding hydrogens is 334 g/mol. The summed E-state index contributed by atoms with van der Waals surface area (Å²) < 4.78 is 10.3. The van der Waals surface area contributed by atoms with Gasteiger partial charge in [-0.3, -0.25) is 4.79 Å². The lowest BCUT2D eigenvalue weighted by atomic mass is 9.98. The van der Waals surface area contributed by atoms with E-state index in [1.165, 1.54) is 0 Å². The molecule has 1 atom stereocenters. The van der Waals surface area contributed by atoms with E-state index >= 15 is 0 Å². The number of urea groups is 1. The highest BCUT2D eigenvalue weighted by molar-refractivity contribution is 5.83. The minimum atomic E-state index is -0.740. The van der Waals surface area contributed by atoms with Gasteiger partial charge in [-0.15, -0.1) is 0 Å². The summed E-state index contributed by atoms with van der Waals surface area (Å²) >= 11 is 0. The van der Waals surface area contributed by atoms with Crippen molar-refractivity contribution >= 4 is 11.9 Å². The monoisotopic (exact) mass is 357 g/mol. The van der Waals surface area contributed by atoms with E-state index in [0.717, 1.165) is 22.6 Å². The van der Waals surface area contributed by atoms with E-state index in [0.29, 0.717) is 6.42 Å². The quantitative estimate of drug-likeness (QED) is 0.670. The van der Waals surface area contributed by atoms with E-state index in [4.69, 9.17) is 15.2 Å². The molecule has 0 saturated carbocycles. The number of nitrogens with two attached hydrogens (primary N) is 1. The van der Waals surface area contributed by atoms with Gasteiger partial charge in [0.25, 0.3) is 0 Å². The standard InChI is InChI=1S/C19H23N3O4/c1-25-15-7-3-13(4-8-15)11-17(22-18(23)12-21-19(20)24)14-5-9-16(26-2)10-6-14/h3-10,17H,11-12H2,1-2H3,(H,22,23)(H3,20,21,24). The zero-order valence-electron chi connectivity index (χ0n) is 14.8. The van der Waals surface area contributed by atoms with E-state index in [-0.39, 0.29) is 18.5 Å². The predicted octanol–water partition coefficient (Wildman–Crippen LogP) is 1.77. The molecular formula is C19H23N3O4. The van der Waals surface area contributed by atoms with Gasteiger partial charge in [-0.25, -0.2) is 4.79 Å². The molecule has 4 N–H and O–H groups in total. The highest BCUT2D eigenvalue weighted by Crippen LogP contribution is 2.22. The number of primary amides is 1. The van der Waals surface area contributed by atoms with Crippen LogP contribution < -0.4 is 25.8 Å². The SMILES string of the molecule is COc1ccc(CC(NC(=O)CNC(N)=O)c2ccc(OC)cc2)cc1. The summed E-state index contributed by atoms with van der Waals surface area (Å²) in [5.74, 6) is 1.18. The van der Waals surface area contributed by atoms with Gasteiger partial charge in [0.15, 0.2) is 0 Å². The Kier molecular flexibility index (Phi) is 6.84. The Morgan fingerprint density at radius 3 is 2.00 bits per heavy atom. The minimum absolute atomic E-state index is 0.176. The average Bonchev–Trinajstić information content (AvgIpc) is 2.66. The molecule has 2 aromatic carbocycles. The van der Waals surface area contributed by atoms with E-state index in [9.17, 15) is 9.59 Å². The van der Waals surface area contributed by atoms with Crippen LogP contribution in [-0.2, 0) is 11.2 Å². The Morgan fingerprint density at radius 2 is 1.50 bits per heavy atom. The fourth-order valence-corrected chi connectivity index (χ4v) is 2.50. The number of amides is 3. The van der Waals surface area contributed by atoms with E-state index in [1.807, 2.05) is 48.5 Å². The fourth-order valence-electron chi connectivity index (χ4n) is 2.50. The van der Waals surface area contributed by atoms with Crippen molar-refractivity contribution in [2.24, 2.45) is 5.73 Å². The predicted molar refractivity (Wildman–Crippen MR) is 98.2 cm³/mol. The first-order chi connectivity index (χ1) is 12.5. The molecule has 26 heavy (non-hydrogen) atoms. The van der Waals surface area contributed by atoms with Gasteiger partial charge in [-0.2, -0.15) is 0 Å². The van der Waals surface area contributed by atoms with E-state index in [2.05, 4.69) is 10.6 Å². The number of hydrogen-bond donors (Lipinski definition) is 3. The average molecular weight is 357 g/mol. The lowest BCUT2D eigenvalue weighted by Gasteiger charge is -2.20. The second-order valence-electron chi connectivity index (χ2n) is 5.66. The van der Waals surface area contributed by atoms with Gasteiger partial charge >= 0.3 is 6.03 Å². The second kappa shape index (κ2) is 9.31. The lowest BCUT2D eigenvalue weighted by Crippen LogP contribution is -2.41. The molecule has 0 heterocycles. The molecule has 0 fully saturated rings. The first-order valence-corrected chi connectivity index (χ1v) is 8.11. The maximum Gasteiger partial charge on any atom is 0.312 e. The molecule has 3 amide bonds. The molecule has 0 aromatic heterocycles. The van der Waals surface area contributed by atoms with Crippen LogP contribution in [0.15, 0.2) is 48.5 Å². The molecule has 1 unspecified atom stereocenters. The normalized spacial score (nSPS) is 11.3. The highest BCUT2D eigenvalue weighted by atomic mass is 16.5. The maximum absolute atomic E-state index is 12.1. The van der Waals surface area contributed by atoms with Crippen molar-refractivity contribution in [2.45, 2.75) is 12.5 Å². The molecule has 2 rings (SSSR count). The number of nitrogens with one attached hydrogen (secondary N) is 2. The number of benzene rings is 2. The molecule has 7 nitrogen and oxygen atoms in total. The number of ether oxygens (including phenoxy) is 2. The van der Waals surface area contributed by atoms with Crippen LogP contribution in [0.4, 0.5) is 4.79 Å². The van der Waals surface area contributed by atoms with Crippen molar-refractivity contribution in [3.8, 4) is 11.5 Å². The third-order valence-electron chi connectivity index (χ3n) is 3.88. The van der Waals surface area contributed by atoms with Crippen LogP contribution in [0.2, 0.25) is 0 Å². The zero-order valence-corrected chi connectivity index (χ0v) is 14.8. The smallest absolute Gasteiger partial charge is 0.312 e. The summed E-state index contributed by atoms with van der Waals surface area (Å²) in [5, 5.41) is 5.21. The van der Waals surface area contributed by atoms with Crippen molar-refractivity contribution in [1.29, 1.82) is 0 Å². The van der Waals surface area contributed by atoms with Crippen molar-refractivity contribution in [3.05, 3.63) is 59.7 Å². The van der Waals surface area contributed by atoms with Crippen molar-refractivity contribution < 1.29 is 19.1 Å². The van der Waals surface area contributed by atoms with Crippen molar-refractivity contribution in [3.63, 3.8) is 0 Å². The van der Waals surface area contributed by atoms with Gasteiger partial charge < -0.3 is 25.8 Å². The molecule has 0 aliphatic rings. The minimum Gasteiger partial charge on any atom is -0.497 e. The van der Waals surface area contributed by atoms with Gasteiger partial charge in [0.2, 0.25) is 5.91 Å². The topological polar surface area (TPSA) is 103 Å². The highest BCUT2D eigenvalue weighted by Gasteiger charge is 2.16. The zero-order chi connectivity index (χ0) is 18.9. The van der Waals surface area contributed by atoms with Crippen LogP contribution in [0.3, 0.4) is 0 Å². The molecule has 7 heteroatoms. The van der Waals surface area contributed by atoms with Gasteiger partial charge in [0, 0.05) is 0 Å². The largest absolute Gasteiger partial charge is 0.497 e. The Labute approximate surface area is 152 Å². The fraction of sp³-hybridized carbons (Fsp3) is 0.263. The van der Waals surface area contributed by atoms with Crippen LogP contribution in [-0.4, -0.2) is 32.7 Å². The summed E-state index contributed by atoms with van der Waals surface area (Å²) in [6.45, 7) is -0.176. The molecule has 0 aliphatic heterocycles. The number of methoxy groups -OCH3 is 2. The molecule has 0 spiro atoms. The molecule has 0 radical (unpaired) electrons. The summed E-state index contributed by atoms with van der Waals surface area (Å²) in [7, 11) is 3.21. The van der Waals surface area contributed by atoms with Crippen LogP contribution in [0.1, 0.15) is 17.2 Å². The Bertz CT molecular complexity index is 729. The maximum atomic E-state index is 12.1. The summed E-state index contributed by atoms with van der Waals surface area (Å²) in [4.78, 5) is 22.9. The van der Waals surface area contributed by atoms with Gasteiger partial charge in [-0.05, 0) is 41.8 Å². The Morgan fingerprint density at radius 1 is 0.962 bits per heavy atom. The van der Waals surface area contributed by atoms with Gasteiger partial charge in [0.1, 0.15) is 11.5 Å². The Hall–Kier alpha value is -3.22. The molecule has 0 saturated heterocycles. The second-order valence-corrected chi connectivity index (χ2v) is 5.66. The number of carbonyl (C=O) groups is 2. The van der Waals surface area contributed by atoms with Crippen LogP contribution in [0, 0.1) is 0 Å². The van der Waals surface area contributed by atoms with Crippen LogP contribution >= 0.6 is 0 Å². The molecule has 2 aromatic rings. The number of hydrogen-bond acceptors (Lipinski definition) is 4. The molecule has 0 bridgehead atoms. The summed E-state index contributed by atoms with van der Waals surface area (Å²) in [5.41, 5.74) is 6.97. The molecule has 0 aliphatic carbocycles. The van der Waals surface area contributed by atoms with Crippen molar-refractivity contribution in [1.82, 2.24) is 10.6 Å². The summed E-state index contributed by atoms with van der Waals surface area (Å²) in [6, 6.07) is 14.1. The summed E-state index contributed by atoms with van der Waals surface area (Å²) in [6.07, 6.45) is 0.582. The first kappa shape index (κ1) is 19.1. The number of rotatable bonds is 8. The van der Waals surface area contributed by atoms with Gasteiger partial charge in [-0.1, -0.05) is 24.3 Å². The Balaban J connectivity index is 2.15. The van der Waals surface area contributed by atoms with E-state index < -0.39 is 6.03 Å². The molecule has 138 valence electrons. The third-order valence-corrected chi connectivity index (χ3v) is 3.88. The van der Waals surface area contributed by atoms with Crippen LogP contribution in [0.25, 0.3) is 0 Å². The third kappa shape index (κ3) is 5.70. The number of carbonyl (C=O) groups excluding carboxylic acids is 2.